The van der Waals surface area contributed by atoms with Crippen LogP contribution in [0.4, 0.5) is 5.69 Å². The molecule has 0 radical (unpaired) electrons. The minimum Gasteiger partial charge on any atom is -0.481 e. The Balaban J connectivity index is 1.79. The predicted molar refractivity (Wildman–Crippen MR) is 79.7 cm³/mol. The average molecular weight is 302 g/mol. The Morgan fingerprint density at radius 3 is 2.77 bits per heavy atom. The number of nitrogens with one attached hydrogen (secondary N) is 1. The van der Waals surface area contributed by atoms with Gasteiger partial charge in [-0.15, -0.1) is 0 Å². The van der Waals surface area contributed by atoms with Crippen molar-refractivity contribution in [2.75, 3.05) is 18.4 Å². The lowest BCUT2D eigenvalue weighted by atomic mass is 9.90. The number of rotatable bonds is 2. The van der Waals surface area contributed by atoms with Crippen LogP contribution in [-0.4, -0.2) is 40.9 Å². The van der Waals surface area contributed by atoms with Crippen LogP contribution in [0.5, 0.6) is 0 Å². The fourth-order valence-corrected chi connectivity index (χ4v) is 3.01. The van der Waals surface area contributed by atoms with Crippen LogP contribution in [-0.2, 0) is 16.0 Å². The molecular formula is C16H18N2O4. The number of carbonyl (C=O) groups is 3. The molecule has 0 aliphatic carbocycles. The summed E-state index contributed by atoms with van der Waals surface area (Å²) in [5, 5.41) is 12.0. The summed E-state index contributed by atoms with van der Waals surface area (Å²) in [6, 6.07) is 5.23. The summed E-state index contributed by atoms with van der Waals surface area (Å²) in [6.07, 6.45) is 1.51. The van der Waals surface area contributed by atoms with Gasteiger partial charge in [0, 0.05) is 30.8 Å². The van der Waals surface area contributed by atoms with Crippen molar-refractivity contribution in [2.45, 2.75) is 26.2 Å². The summed E-state index contributed by atoms with van der Waals surface area (Å²) < 4.78 is 0. The molecule has 2 aliphatic heterocycles. The van der Waals surface area contributed by atoms with Gasteiger partial charge in [-0.3, -0.25) is 14.4 Å². The van der Waals surface area contributed by atoms with Crippen LogP contribution in [0.15, 0.2) is 18.2 Å². The standard InChI is InChI=1S/C16H18N2O4/c1-16(15(21)22)6-7-18(9-16)14(20)11-2-4-12-10(8-11)3-5-13(19)17-12/h2,4,8H,3,5-7,9H2,1H3,(H,17,19)(H,21,22)/t16-/m0/s1. The molecule has 2 N–H and O–H groups in total. The Kier molecular flexibility index (Phi) is 3.39. The van der Waals surface area contributed by atoms with E-state index in [0.717, 1.165) is 11.3 Å². The number of carboxylic acids is 1. The summed E-state index contributed by atoms with van der Waals surface area (Å²) in [5.41, 5.74) is 1.39. The van der Waals surface area contributed by atoms with Crippen molar-refractivity contribution in [3.8, 4) is 0 Å². The van der Waals surface area contributed by atoms with Crippen molar-refractivity contribution >= 4 is 23.5 Å². The normalized spacial score (nSPS) is 23.9. The number of anilines is 1. The zero-order valence-electron chi connectivity index (χ0n) is 12.4. The van der Waals surface area contributed by atoms with Crippen LogP contribution in [0.2, 0.25) is 0 Å². The van der Waals surface area contributed by atoms with Gasteiger partial charge in [0.15, 0.2) is 0 Å². The quantitative estimate of drug-likeness (QED) is 0.867. The molecule has 6 heteroatoms. The zero-order valence-corrected chi connectivity index (χ0v) is 12.4. The van der Waals surface area contributed by atoms with Gasteiger partial charge in [0.25, 0.3) is 5.91 Å². The number of hydrogen-bond acceptors (Lipinski definition) is 3. The van der Waals surface area contributed by atoms with E-state index in [-0.39, 0.29) is 18.4 Å². The monoisotopic (exact) mass is 302 g/mol. The Labute approximate surface area is 128 Å². The van der Waals surface area contributed by atoms with E-state index in [9.17, 15) is 19.5 Å². The molecule has 116 valence electrons. The third kappa shape index (κ3) is 2.45. The van der Waals surface area contributed by atoms with Crippen LogP contribution in [0.3, 0.4) is 0 Å². The molecule has 6 nitrogen and oxygen atoms in total. The summed E-state index contributed by atoms with van der Waals surface area (Å²) in [7, 11) is 0. The van der Waals surface area contributed by atoms with Crippen LogP contribution in [0.1, 0.15) is 35.7 Å². The first kappa shape index (κ1) is 14.6. The van der Waals surface area contributed by atoms with E-state index in [0.29, 0.717) is 31.4 Å². The Morgan fingerprint density at radius 2 is 2.09 bits per heavy atom. The summed E-state index contributed by atoms with van der Waals surface area (Å²) in [4.78, 5) is 36.8. The molecule has 22 heavy (non-hydrogen) atoms. The van der Waals surface area contributed by atoms with Crippen molar-refractivity contribution in [1.82, 2.24) is 4.90 Å². The highest BCUT2D eigenvalue weighted by atomic mass is 16.4. The summed E-state index contributed by atoms with van der Waals surface area (Å²) in [5.74, 6) is -1.02. The van der Waals surface area contributed by atoms with Crippen molar-refractivity contribution in [3.63, 3.8) is 0 Å². The highest BCUT2D eigenvalue weighted by molar-refractivity contribution is 5.98. The smallest absolute Gasteiger partial charge is 0.311 e. The molecule has 1 fully saturated rings. The van der Waals surface area contributed by atoms with Gasteiger partial charge in [-0.1, -0.05) is 0 Å². The second-order valence-electron chi connectivity index (χ2n) is 6.26. The minimum atomic E-state index is -0.865. The number of fused-ring (bicyclic) bond motifs is 1. The minimum absolute atomic E-state index is 0.0108. The zero-order chi connectivity index (χ0) is 15.9. The molecule has 1 atom stereocenters. The van der Waals surface area contributed by atoms with E-state index >= 15 is 0 Å². The molecule has 0 bridgehead atoms. The molecule has 0 saturated carbocycles. The Bertz CT molecular complexity index is 670. The lowest BCUT2D eigenvalue weighted by Crippen LogP contribution is -2.35. The number of likely N-dealkylation sites (tertiary alicyclic amines) is 1. The molecule has 0 aromatic heterocycles. The van der Waals surface area contributed by atoms with Gasteiger partial charge in [0.05, 0.1) is 5.41 Å². The van der Waals surface area contributed by atoms with E-state index in [1.54, 1.807) is 30.0 Å². The van der Waals surface area contributed by atoms with Crippen LogP contribution < -0.4 is 5.32 Å². The Hall–Kier alpha value is -2.37. The first-order valence-electron chi connectivity index (χ1n) is 7.34. The number of hydrogen-bond donors (Lipinski definition) is 2. The molecule has 2 heterocycles. The van der Waals surface area contributed by atoms with E-state index in [1.807, 2.05) is 0 Å². The molecule has 3 rings (SSSR count). The van der Waals surface area contributed by atoms with Crippen LogP contribution >= 0.6 is 0 Å². The number of aliphatic carboxylic acids is 1. The maximum Gasteiger partial charge on any atom is 0.311 e. The van der Waals surface area contributed by atoms with E-state index < -0.39 is 11.4 Å². The van der Waals surface area contributed by atoms with Crippen LogP contribution in [0, 0.1) is 5.41 Å². The van der Waals surface area contributed by atoms with Gasteiger partial charge in [-0.05, 0) is 43.5 Å². The van der Waals surface area contributed by atoms with Crippen LogP contribution in [0.25, 0.3) is 0 Å². The maximum absolute atomic E-state index is 12.6. The van der Waals surface area contributed by atoms with E-state index in [4.69, 9.17) is 0 Å². The average Bonchev–Trinajstić information content (AvgIpc) is 2.90. The molecule has 1 aromatic rings. The first-order chi connectivity index (χ1) is 10.4. The van der Waals surface area contributed by atoms with Gasteiger partial charge < -0.3 is 15.3 Å². The highest BCUT2D eigenvalue weighted by Crippen LogP contribution is 2.32. The number of carbonyl (C=O) groups excluding carboxylic acids is 2. The SMILES string of the molecule is C[C@]1(C(=O)O)CCN(C(=O)c2ccc3c(c2)CCC(=O)N3)C1. The lowest BCUT2D eigenvalue weighted by molar-refractivity contribution is -0.147. The van der Waals surface area contributed by atoms with Crippen molar-refractivity contribution in [3.05, 3.63) is 29.3 Å². The number of aryl methyl sites for hydroxylation is 1. The van der Waals surface area contributed by atoms with Gasteiger partial charge in [0.2, 0.25) is 5.91 Å². The van der Waals surface area contributed by atoms with Gasteiger partial charge in [-0.2, -0.15) is 0 Å². The summed E-state index contributed by atoms with van der Waals surface area (Å²) in [6.45, 7) is 2.36. The largest absolute Gasteiger partial charge is 0.481 e. The van der Waals surface area contributed by atoms with Crippen molar-refractivity contribution < 1.29 is 19.5 Å². The Morgan fingerprint density at radius 1 is 1.32 bits per heavy atom. The third-order valence-electron chi connectivity index (χ3n) is 4.52. The molecule has 0 spiro atoms. The van der Waals surface area contributed by atoms with Gasteiger partial charge in [0.1, 0.15) is 0 Å². The number of carboxylic acid groups (broad SMARTS) is 1. The van der Waals surface area contributed by atoms with Crippen molar-refractivity contribution in [2.24, 2.45) is 5.41 Å². The number of benzene rings is 1. The third-order valence-corrected chi connectivity index (χ3v) is 4.52. The number of amides is 2. The molecule has 1 saturated heterocycles. The first-order valence-corrected chi connectivity index (χ1v) is 7.34. The molecule has 1 aromatic carbocycles. The summed E-state index contributed by atoms with van der Waals surface area (Å²) >= 11 is 0. The molecule has 2 amide bonds. The van der Waals surface area contributed by atoms with E-state index in [2.05, 4.69) is 5.32 Å². The second-order valence-corrected chi connectivity index (χ2v) is 6.26. The molecule has 2 aliphatic rings. The molecular weight excluding hydrogens is 284 g/mol. The maximum atomic E-state index is 12.6. The predicted octanol–water partition coefficient (Wildman–Crippen LogP) is 1.51. The highest BCUT2D eigenvalue weighted by Gasteiger charge is 2.42. The van der Waals surface area contributed by atoms with Gasteiger partial charge in [-0.25, -0.2) is 0 Å². The second kappa shape index (κ2) is 5.12. The number of nitrogens with zero attached hydrogens (tertiary/aromatic N) is 1. The molecule has 0 unspecified atom stereocenters. The van der Waals surface area contributed by atoms with Gasteiger partial charge >= 0.3 is 5.97 Å². The van der Waals surface area contributed by atoms with Crippen molar-refractivity contribution in [1.29, 1.82) is 0 Å². The topological polar surface area (TPSA) is 86.7 Å². The lowest BCUT2D eigenvalue weighted by Gasteiger charge is -2.22. The fourth-order valence-electron chi connectivity index (χ4n) is 3.01. The fraction of sp³-hybridized carbons (Fsp3) is 0.438. The van der Waals surface area contributed by atoms with E-state index in [1.165, 1.54) is 0 Å².